The number of nitrogens with zero attached hydrogens (tertiary/aromatic N) is 6. The van der Waals surface area contributed by atoms with E-state index in [0.717, 1.165) is 0 Å². The van der Waals surface area contributed by atoms with Crippen molar-refractivity contribution in [1.82, 2.24) is 24.3 Å². The number of pyridine rings is 1. The molecule has 0 unspecified atom stereocenters. The summed E-state index contributed by atoms with van der Waals surface area (Å²) >= 11 is 0. The van der Waals surface area contributed by atoms with Crippen LogP contribution in [0.2, 0.25) is 0 Å². The van der Waals surface area contributed by atoms with E-state index in [9.17, 15) is 13.7 Å². The van der Waals surface area contributed by atoms with Crippen molar-refractivity contribution in [2.24, 2.45) is 0 Å². The average molecular weight is 471 g/mol. The van der Waals surface area contributed by atoms with Crippen LogP contribution in [0, 0.1) is 18.3 Å². The maximum Gasteiger partial charge on any atom is 0.284 e. The first-order valence-corrected chi connectivity index (χ1v) is 12.0. The quantitative estimate of drug-likeness (QED) is 0.562. The summed E-state index contributed by atoms with van der Waals surface area (Å²) in [5, 5.41) is 17.3. The zero-order valence-electron chi connectivity index (χ0n) is 17.8. The Kier molecular flexibility index (Phi) is 4.34. The van der Waals surface area contributed by atoms with E-state index in [-0.39, 0.29) is 10.8 Å². The van der Waals surface area contributed by atoms with E-state index >= 15 is 0 Å². The highest BCUT2D eigenvalue weighted by molar-refractivity contribution is 7.89. The molecule has 5 heterocycles. The van der Waals surface area contributed by atoms with Gasteiger partial charge in [-0.25, -0.2) is 13.4 Å². The maximum atomic E-state index is 13.3. The largest absolute Gasteiger partial charge is 0.419 e. The van der Waals surface area contributed by atoms with Gasteiger partial charge in [0.05, 0.1) is 49.8 Å². The van der Waals surface area contributed by atoms with Crippen molar-refractivity contribution < 1.29 is 22.3 Å². The molecule has 12 nitrogen and oxygen atoms in total. The first kappa shape index (κ1) is 20.5. The molecule has 1 N–H and O–H groups in total. The van der Waals surface area contributed by atoms with E-state index in [1.165, 1.54) is 6.20 Å². The molecule has 0 aromatic carbocycles. The van der Waals surface area contributed by atoms with Crippen molar-refractivity contribution in [2.45, 2.75) is 35.8 Å². The van der Waals surface area contributed by atoms with Gasteiger partial charge >= 0.3 is 0 Å². The number of rotatable bonds is 5. The Morgan fingerprint density at radius 3 is 2.73 bits per heavy atom. The topological polar surface area (TPSA) is 148 Å². The van der Waals surface area contributed by atoms with Gasteiger partial charge in [-0.1, -0.05) is 0 Å². The number of nitriles is 1. The number of imidazole rings is 1. The minimum atomic E-state index is -3.98. The number of nitrogens with one attached hydrogen (secondary N) is 1. The van der Waals surface area contributed by atoms with Crippen molar-refractivity contribution in [3.8, 4) is 17.8 Å². The fraction of sp³-hybridized carbons (Fsp3) is 0.500. The summed E-state index contributed by atoms with van der Waals surface area (Å²) < 4.78 is 47.6. The van der Waals surface area contributed by atoms with Crippen molar-refractivity contribution in [2.75, 3.05) is 37.8 Å². The molecule has 1 aliphatic carbocycles. The lowest BCUT2D eigenvalue weighted by Crippen LogP contribution is -2.63. The van der Waals surface area contributed by atoms with Crippen molar-refractivity contribution in [3.05, 3.63) is 24.4 Å². The molecule has 1 saturated carbocycles. The van der Waals surface area contributed by atoms with Gasteiger partial charge < -0.3 is 18.8 Å². The van der Waals surface area contributed by atoms with Gasteiger partial charge in [-0.2, -0.15) is 9.98 Å². The Balaban J connectivity index is 1.50. The Morgan fingerprint density at radius 2 is 2.09 bits per heavy atom. The minimum absolute atomic E-state index is 0.0208. The number of sulfonamides is 1. The van der Waals surface area contributed by atoms with Gasteiger partial charge in [0.15, 0.2) is 0 Å². The van der Waals surface area contributed by atoms with Crippen LogP contribution in [0.15, 0.2) is 27.8 Å². The van der Waals surface area contributed by atoms with Gasteiger partial charge in [0.1, 0.15) is 16.0 Å². The highest BCUT2D eigenvalue weighted by atomic mass is 32.2. The number of fused-ring (bicyclic) bond motifs is 1. The Hall–Kier alpha value is -3.05. The zero-order chi connectivity index (χ0) is 22.8. The lowest BCUT2D eigenvalue weighted by molar-refractivity contribution is -0.211. The molecule has 3 aromatic heterocycles. The molecule has 33 heavy (non-hydrogen) atoms. The molecular formula is C20H21N7O5S. The number of aryl methyl sites for hydroxylation is 1. The SMILES string of the molecule is Cc1nnc(-c2ncc3c(N4CCOC5(COC5)C4)cc(S(=O)(=O)NC4(C#N)CC4)cn23)o1. The molecule has 3 aliphatic rings. The van der Waals surface area contributed by atoms with Crippen LogP contribution in [0.1, 0.15) is 18.7 Å². The molecule has 3 fully saturated rings. The second-order valence-corrected chi connectivity index (χ2v) is 10.5. The monoisotopic (exact) mass is 471 g/mol. The highest BCUT2D eigenvalue weighted by Crippen LogP contribution is 2.38. The summed E-state index contributed by atoms with van der Waals surface area (Å²) in [6, 6.07) is 3.69. The standard InChI is InChI=1S/C20H21N7O5S/c1-13-23-24-18(32-13)17-22-7-16-15(26-4-5-31-20(10-26)11-30-12-20)6-14(8-27(16)17)33(28,29)25-19(9-21)2-3-19/h6-8,25H,2-5,10-12H2,1H3. The fourth-order valence-electron chi connectivity index (χ4n) is 4.23. The molecule has 3 aromatic rings. The van der Waals surface area contributed by atoms with Crippen molar-refractivity contribution in [1.29, 1.82) is 5.26 Å². The summed E-state index contributed by atoms with van der Waals surface area (Å²) in [6.07, 6.45) is 4.10. The summed E-state index contributed by atoms with van der Waals surface area (Å²) in [7, 11) is -3.98. The number of hydrogen-bond acceptors (Lipinski definition) is 10. The van der Waals surface area contributed by atoms with Crippen LogP contribution in [0.4, 0.5) is 5.69 Å². The van der Waals surface area contributed by atoms with Gasteiger partial charge in [-0.15, -0.1) is 10.2 Å². The van der Waals surface area contributed by atoms with Crippen LogP contribution in [0.5, 0.6) is 0 Å². The number of morpholine rings is 1. The van der Waals surface area contributed by atoms with E-state index in [1.807, 2.05) is 0 Å². The fourth-order valence-corrected chi connectivity index (χ4v) is 5.63. The lowest BCUT2D eigenvalue weighted by Gasteiger charge is -2.48. The third-order valence-corrected chi connectivity index (χ3v) is 7.74. The molecule has 0 radical (unpaired) electrons. The van der Waals surface area contributed by atoms with Crippen LogP contribution in [0.25, 0.3) is 17.2 Å². The summed E-state index contributed by atoms with van der Waals surface area (Å²) in [4.78, 5) is 6.55. The first-order chi connectivity index (χ1) is 15.8. The van der Waals surface area contributed by atoms with Gasteiger partial charge in [-0.3, -0.25) is 4.40 Å². The van der Waals surface area contributed by atoms with Crippen LogP contribution in [-0.4, -0.2) is 72.0 Å². The van der Waals surface area contributed by atoms with Crippen LogP contribution in [-0.2, 0) is 19.5 Å². The zero-order valence-corrected chi connectivity index (χ0v) is 18.6. The molecule has 0 atom stereocenters. The van der Waals surface area contributed by atoms with E-state index in [0.29, 0.717) is 68.7 Å². The molecule has 6 rings (SSSR count). The first-order valence-electron chi connectivity index (χ1n) is 10.6. The number of hydrogen-bond donors (Lipinski definition) is 1. The molecule has 13 heteroatoms. The van der Waals surface area contributed by atoms with Gasteiger partial charge in [-0.05, 0) is 18.9 Å². The van der Waals surface area contributed by atoms with E-state index < -0.39 is 21.2 Å². The van der Waals surface area contributed by atoms with Crippen molar-refractivity contribution >= 4 is 21.2 Å². The number of ether oxygens (including phenoxy) is 2. The molecule has 1 spiro atoms. The molecule has 172 valence electrons. The molecule has 0 bridgehead atoms. The number of anilines is 1. The third kappa shape index (κ3) is 3.37. The smallest absolute Gasteiger partial charge is 0.284 e. The van der Waals surface area contributed by atoms with Gasteiger partial charge in [0.25, 0.3) is 5.89 Å². The predicted molar refractivity (Wildman–Crippen MR) is 113 cm³/mol. The van der Waals surface area contributed by atoms with Crippen LogP contribution < -0.4 is 9.62 Å². The van der Waals surface area contributed by atoms with Crippen molar-refractivity contribution in [3.63, 3.8) is 0 Å². The van der Waals surface area contributed by atoms with Crippen LogP contribution in [0.3, 0.4) is 0 Å². The predicted octanol–water partition coefficient (Wildman–Crippen LogP) is 0.633. The maximum absolute atomic E-state index is 13.3. The number of aromatic nitrogens is 4. The van der Waals surface area contributed by atoms with Gasteiger partial charge in [0, 0.05) is 19.7 Å². The van der Waals surface area contributed by atoms with Crippen LogP contribution >= 0.6 is 0 Å². The highest BCUT2D eigenvalue weighted by Gasteiger charge is 2.47. The molecule has 2 saturated heterocycles. The Morgan fingerprint density at radius 1 is 1.27 bits per heavy atom. The second kappa shape index (κ2) is 6.97. The van der Waals surface area contributed by atoms with Gasteiger partial charge in [0.2, 0.25) is 21.7 Å². The Bertz CT molecular complexity index is 1400. The normalized spacial score (nSPS) is 21.2. The average Bonchev–Trinajstić information content (AvgIpc) is 3.20. The third-order valence-electron chi connectivity index (χ3n) is 6.24. The minimum Gasteiger partial charge on any atom is -0.419 e. The van der Waals surface area contributed by atoms with E-state index in [1.54, 1.807) is 23.6 Å². The lowest BCUT2D eigenvalue weighted by atomic mass is 9.99. The summed E-state index contributed by atoms with van der Waals surface area (Å²) in [5.41, 5.74) is -0.0577. The summed E-state index contributed by atoms with van der Waals surface area (Å²) in [5.74, 6) is 0.889. The molecule has 0 amide bonds. The Labute approximate surface area is 189 Å². The summed E-state index contributed by atoms with van der Waals surface area (Å²) in [6.45, 7) is 4.29. The van der Waals surface area contributed by atoms with E-state index in [2.05, 4.69) is 30.9 Å². The molecule has 2 aliphatic heterocycles. The molecular weight excluding hydrogens is 450 g/mol. The second-order valence-electron chi connectivity index (χ2n) is 8.77. The van der Waals surface area contributed by atoms with E-state index in [4.69, 9.17) is 13.9 Å².